The van der Waals surface area contributed by atoms with E-state index < -0.39 is 26.5 Å². The van der Waals surface area contributed by atoms with Gasteiger partial charge in [-0.05, 0) is 38.5 Å². The smallest absolute Gasteiger partial charge is 0.463 e. The Labute approximate surface area is 281 Å². The highest BCUT2D eigenvalue weighted by Gasteiger charge is 2.23. The van der Waals surface area contributed by atoms with Gasteiger partial charge in [-0.25, -0.2) is 4.57 Å². The first kappa shape index (κ1) is 44.8. The van der Waals surface area contributed by atoms with Gasteiger partial charge in [-0.15, -0.1) is 0 Å². The molecule has 2 atom stereocenters. The van der Waals surface area contributed by atoms with E-state index in [-0.39, 0.29) is 32.1 Å². The minimum Gasteiger partial charge on any atom is -0.463 e. The number of nitrogens with one attached hydrogen (secondary N) is 1. The second kappa shape index (κ2) is 33.6. The van der Waals surface area contributed by atoms with Gasteiger partial charge in [0, 0.05) is 19.4 Å². The predicted molar refractivity (Wildman–Crippen MR) is 188 cm³/mol. The van der Waals surface area contributed by atoms with Crippen LogP contribution in [0.2, 0.25) is 0 Å². The van der Waals surface area contributed by atoms with Crippen molar-refractivity contribution in [2.45, 2.75) is 180 Å². The fraction of sp³-hybridized carbons (Fsp3) is 0.889. The molecule has 272 valence electrons. The fourth-order valence-corrected chi connectivity index (χ4v) is 5.84. The molecule has 0 aromatic heterocycles. The van der Waals surface area contributed by atoms with Crippen LogP contribution in [0.5, 0.6) is 0 Å². The highest BCUT2D eigenvalue weighted by Crippen LogP contribution is 2.42. The summed E-state index contributed by atoms with van der Waals surface area (Å²) in [5, 5.41) is 12.6. The van der Waals surface area contributed by atoms with Crippen LogP contribution in [0.25, 0.3) is 0 Å². The van der Waals surface area contributed by atoms with Crippen molar-refractivity contribution in [1.82, 2.24) is 5.32 Å². The Hall–Kier alpha value is -1.25. The largest absolute Gasteiger partial charge is 0.472 e. The van der Waals surface area contributed by atoms with E-state index in [1.54, 1.807) is 0 Å². The van der Waals surface area contributed by atoms with Crippen LogP contribution >= 0.6 is 7.82 Å². The highest BCUT2D eigenvalue weighted by molar-refractivity contribution is 7.47. The van der Waals surface area contributed by atoms with Gasteiger partial charge in [-0.3, -0.25) is 18.6 Å². The summed E-state index contributed by atoms with van der Waals surface area (Å²) >= 11 is 0. The number of rotatable bonds is 35. The standard InChI is InChI=1S/C36H70NO8P/c1-3-5-7-9-11-13-15-17-18-20-22-24-26-28-35(39)37-30-31-44-46(41,42)45-33-34(38)32-43-36(40)29-27-25-23-21-19-16-14-12-10-8-6-4-2/h12,14,34,38H,3-11,13,15-33H2,1-2H3,(H,37,39)(H,41,42)/b14-12-. The first-order valence-electron chi connectivity index (χ1n) is 18.7. The number of carbonyl (C=O) groups is 2. The van der Waals surface area contributed by atoms with Gasteiger partial charge < -0.3 is 20.1 Å². The lowest BCUT2D eigenvalue weighted by molar-refractivity contribution is -0.147. The van der Waals surface area contributed by atoms with Gasteiger partial charge in [0.1, 0.15) is 12.7 Å². The molecule has 0 heterocycles. The molecule has 0 aliphatic carbocycles. The van der Waals surface area contributed by atoms with Gasteiger partial charge in [-0.1, -0.05) is 135 Å². The minimum absolute atomic E-state index is 0.0848. The number of esters is 1. The van der Waals surface area contributed by atoms with Gasteiger partial charge >= 0.3 is 13.8 Å². The molecule has 0 saturated heterocycles. The third-order valence-corrected chi connectivity index (χ3v) is 8.93. The summed E-state index contributed by atoms with van der Waals surface area (Å²) in [5.41, 5.74) is 0. The Balaban J connectivity index is 3.62. The molecule has 0 aliphatic heterocycles. The second-order valence-corrected chi connectivity index (χ2v) is 14.0. The average molecular weight is 676 g/mol. The van der Waals surface area contributed by atoms with Crippen LogP contribution < -0.4 is 5.32 Å². The maximum Gasteiger partial charge on any atom is 0.472 e. The SMILES string of the molecule is CCCCC/C=C\CCCCCCCC(=O)OCC(O)COP(=O)(O)OCCNC(=O)CCCCCCCCCCCCCCC. The van der Waals surface area contributed by atoms with E-state index in [1.165, 1.54) is 89.9 Å². The van der Waals surface area contributed by atoms with Crippen LogP contribution in [-0.2, 0) is 27.9 Å². The maximum absolute atomic E-state index is 12.0. The van der Waals surface area contributed by atoms with Crippen molar-refractivity contribution >= 4 is 19.7 Å². The number of unbranched alkanes of at least 4 members (excludes halogenated alkanes) is 20. The molecule has 46 heavy (non-hydrogen) atoms. The van der Waals surface area contributed by atoms with Crippen molar-refractivity contribution in [2.75, 3.05) is 26.4 Å². The number of hydrogen-bond donors (Lipinski definition) is 3. The molecule has 1 amide bonds. The number of carbonyl (C=O) groups excluding carboxylic acids is 2. The number of amides is 1. The molecule has 0 saturated carbocycles. The zero-order valence-electron chi connectivity index (χ0n) is 29.5. The van der Waals surface area contributed by atoms with Crippen LogP contribution in [0.4, 0.5) is 0 Å². The Morgan fingerprint density at radius 3 is 1.67 bits per heavy atom. The summed E-state index contributed by atoms with van der Waals surface area (Å²) in [6.07, 6.45) is 31.4. The van der Waals surface area contributed by atoms with Crippen molar-refractivity contribution in [3.63, 3.8) is 0 Å². The van der Waals surface area contributed by atoms with Gasteiger partial charge in [0.05, 0.1) is 13.2 Å². The molecule has 0 aliphatic rings. The number of hydrogen-bond acceptors (Lipinski definition) is 7. The van der Waals surface area contributed by atoms with E-state index in [4.69, 9.17) is 13.8 Å². The highest BCUT2D eigenvalue weighted by atomic mass is 31.2. The van der Waals surface area contributed by atoms with E-state index in [0.717, 1.165) is 57.8 Å². The number of ether oxygens (including phenoxy) is 1. The summed E-state index contributed by atoms with van der Waals surface area (Å²) in [7, 11) is -4.40. The normalized spacial score (nSPS) is 13.6. The average Bonchev–Trinajstić information content (AvgIpc) is 3.04. The van der Waals surface area contributed by atoms with E-state index in [9.17, 15) is 24.2 Å². The van der Waals surface area contributed by atoms with Crippen LogP contribution in [0, 0.1) is 0 Å². The monoisotopic (exact) mass is 675 g/mol. The summed E-state index contributed by atoms with van der Waals surface area (Å²) < 4.78 is 26.7. The molecule has 0 fully saturated rings. The molecule has 0 rings (SSSR count). The third-order valence-electron chi connectivity index (χ3n) is 7.95. The van der Waals surface area contributed by atoms with Crippen LogP contribution in [0.1, 0.15) is 174 Å². The first-order chi connectivity index (χ1) is 22.3. The minimum atomic E-state index is -4.40. The van der Waals surface area contributed by atoms with Gasteiger partial charge in [0.25, 0.3) is 0 Å². The Bertz CT molecular complexity index is 779. The molecule has 0 aromatic rings. The van der Waals surface area contributed by atoms with Crippen molar-refractivity contribution in [1.29, 1.82) is 0 Å². The van der Waals surface area contributed by atoms with Crippen molar-refractivity contribution in [2.24, 2.45) is 0 Å². The summed E-state index contributed by atoms with van der Waals surface area (Å²) in [5.74, 6) is -0.523. The van der Waals surface area contributed by atoms with Gasteiger partial charge in [0.2, 0.25) is 5.91 Å². The molecule has 2 unspecified atom stereocenters. The summed E-state index contributed by atoms with van der Waals surface area (Å²) in [6, 6.07) is 0. The molecular weight excluding hydrogens is 605 g/mol. The Morgan fingerprint density at radius 2 is 1.11 bits per heavy atom. The topological polar surface area (TPSA) is 131 Å². The van der Waals surface area contributed by atoms with E-state index >= 15 is 0 Å². The van der Waals surface area contributed by atoms with Crippen LogP contribution in [-0.4, -0.2) is 54.3 Å². The zero-order valence-corrected chi connectivity index (χ0v) is 30.4. The summed E-state index contributed by atoms with van der Waals surface area (Å²) in [4.78, 5) is 33.7. The first-order valence-corrected chi connectivity index (χ1v) is 20.2. The number of allylic oxidation sites excluding steroid dienone is 2. The van der Waals surface area contributed by atoms with Crippen LogP contribution in [0.3, 0.4) is 0 Å². The van der Waals surface area contributed by atoms with Crippen molar-refractivity contribution < 1.29 is 37.9 Å². The van der Waals surface area contributed by atoms with Crippen molar-refractivity contribution in [3.8, 4) is 0 Å². The van der Waals surface area contributed by atoms with E-state index in [0.29, 0.717) is 6.42 Å². The molecule has 3 N–H and O–H groups in total. The molecule has 0 spiro atoms. The fourth-order valence-electron chi connectivity index (χ4n) is 5.08. The van der Waals surface area contributed by atoms with E-state index in [1.807, 2.05) is 0 Å². The predicted octanol–water partition coefficient (Wildman–Crippen LogP) is 9.49. The molecule has 0 aromatic carbocycles. The maximum atomic E-state index is 12.0. The Kier molecular flexibility index (Phi) is 32.7. The number of phosphoric ester groups is 1. The van der Waals surface area contributed by atoms with E-state index in [2.05, 4.69) is 31.3 Å². The van der Waals surface area contributed by atoms with Crippen molar-refractivity contribution in [3.05, 3.63) is 12.2 Å². The quantitative estimate of drug-likeness (QED) is 0.0262. The molecular formula is C36H70NO8P. The number of aliphatic hydroxyl groups is 1. The third kappa shape index (κ3) is 34.1. The molecule has 10 heteroatoms. The van der Waals surface area contributed by atoms with Gasteiger partial charge in [-0.2, -0.15) is 0 Å². The lowest BCUT2D eigenvalue weighted by Crippen LogP contribution is -2.27. The molecule has 0 radical (unpaired) electrons. The molecule has 0 bridgehead atoms. The lowest BCUT2D eigenvalue weighted by Gasteiger charge is -2.15. The number of phosphoric acid groups is 1. The van der Waals surface area contributed by atoms with Crippen LogP contribution in [0.15, 0.2) is 12.2 Å². The molecule has 9 nitrogen and oxygen atoms in total. The van der Waals surface area contributed by atoms with Gasteiger partial charge in [0.15, 0.2) is 0 Å². The number of aliphatic hydroxyl groups excluding tert-OH is 1. The summed E-state index contributed by atoms with van der Waals surface area (Å²) in [6.45, 7) is 3.51. The Morgan fingerprint density at radius 1 is 0.652 bits per heavy atom. The zero-order chi connectivity index (χ0) is 34.0. The second-order valence-electron chi connectivity index (χ2n) is 12.6. The lowest BCUT2D eigenvalue weighted by atomic mass is 10.0.